The first-order valence-corrected chi connectivity index (χ1v) is 7.32. The van der Waals surface area contributed by atoms with E-state index < -0.39 is 0 Å². The van der Waals surface area contributed by atoms with E-state index >= 15 is 0 Å². The lowest BCUT2D eigenvalue weighted by molar-refractivity contribution is 0.0953. The third-order valence-electron chi connectivity index (χ3n) is 3.91. The number of para-hydroxylation sites is 1. The number of ether oxygens (including phenoxy) is 2. The maximum atomic E-state index is 12.9. The van der Waals surface area contributed by atoms with Gasteiger partial charge in [-0.05, 0) is 30.3 Å². The molecule has 0 aliphatic carbocycles. The van der Waals surface area contributed by atoms with Crippen LogP contribution in [0.25, 0.3) is 0 Å². The van der Waals surface area contributed by atoms with E-state index in [2.05, 4.69) is 0 Å². The van der Waals surface area contributed by atoms with Crippen molar-refractivity contribution in [2.24, 2.45) is 0 Å². The molecule has 0 N–H and O–H groups in total. The minimum Gasteiger partial charge on any atom is -0.497 e. The van der Waals surface area contributed by atoms with Gasteiger partial charge in [0.05, 0.1) is 19.9 Å². The Morgan fingerprint density at radius 3 is 2.61 bits per heavy atom. The van der Waals surface area contributed by atoms with E-state index in [-0.39, 0.29) is 11.7 Å². The molecule has 1 heterocycles. The zero-order chi connectivity index (χ0) is 16.4. The molecule has 118 valence electrons. The van der Waals surface area contributed by atoms with Crippen molar-refractivity contribution < 1.29 is 19.1 Å². The van der Waals surface area contributed by atoms with Crippen LogP contribution in [0.3, 0.4) is 0 Å². The minimum atomic E-state index is -0.179. The average Bonchev–Trinajstić information content (AvgIpc) is 2.61. The van der Waals surface area contributed by atoms with E-state index in [4.69, 9.17) is 9.47 Å². The summed E-state index contributed by atoms with van der Waals surface area (Å²) < 4.78 is 10.5. The molecule has 0 fully saturated rings. The lowest BCUT2D eigenvalue weighted by Crippen LogP contribution is -2.37. The molecular weight excluding hydrogens is 294 g/mol. The quantitative estimate of drug-likeness (QED) is 0.874. The summed E-state index contributed by atoms with van der Waals surface area (Å²) in [5.74, 6) is 0.978. The Labute approximate surface area is 134 Å². The molecule has 5 heteroatoms. The highest BCUT2D eigenvalue weighted by atomic mass is 16.5. The van der Waals surface area contributed by atoms with Crippen molar-refractivity contribution in [3.63, 3.8) is 0 Å². The van der Waals surface area contributed by atoms with Gasteiger partial charge in [0.25, 0.3) is 5.91 Å². The Hall–Kier alpha value is -2.82. The Balaban J connectivity index is 2.06. The maximum absolute atomic E-state index is 12.9. The number of anilines is 1. The van der Waals surface area contributed by atoms with Crippen molar-refractivity contribution in [2.45, 2.75) is 6.42 Å². The standard InChI is InChI=1S/C18H17NO4/c1-22-13-6-3-5-12(11-13)18(21)19-10-9-15(20)14-7-4-8-16(23-2)17(14)19/h3-8,11H,9-10H2,1-2H3. The fourth-order valence-corrected chi connectivity index (χ4v) is 2.77. The van der Waals surface area contributed by atoms with Gasteiger partial charge in [0.15, 0.2) is 5.78 Å². The van der Waals surface area contributed by atoms with Crippen LogP contribution in [0.4, 0.5) is 5.69 Å². The number of amides is 1. The second kappa shape index (κ2) is 6.12. The van der Waals surface area contributed by atoms with Crippen molar-refractivity contribution in [1.82, 2.24) is 0 Å². The molecule has 5 nitrogen and oxygen atoms in total. The van der Waals surface area contributed by atoms with E-state index in [1.54, 1.807) is 54.5 Å². The second-order valence-corrected chi connectivity index (χ2v) is 5.22. The van der Waals surface area contributed by atoms with Crippen LogP contribution < -0.4 is 14.4 Å². The van der Waals surface area contributed by atoms with Gasteiger partial charge in [-0.2, -0.15) is 0 Å². The number of methoxy groups -OCH3 is 2. The first-order valence-electron chi connectivity index (χ1n) is 7.32. The molecule has 0 spiro atoms. The SMILES string of the molecule is COc1cccc(C(=O)N2CCC(=O)c3cccc(OC)c32)c1. The highest BCUT2D eigenvalue weighted by molar-refractivity contribution is 6.14. The Bertz CT molecular complexity index is 769. The summed E-state index contributed by atoms with van der Waals surface area (Å²) in [6.45, 7) is 0.336. The molecule has 0 atom stereocenters. The summed E-state index contributed by atoms with van der Waals surface area (Å²) in [5, 5.41) is 0. The third kappa shape index (κ3) is 2.65. The number of carbonyl (C=O) groups is 2. The van der Waals surface area contributed by atoms with Gasteiger partial charge in [0.2, 0.25) is 0 Å². The van der Waals surface area contributed by atoms with E-state index in [0.29, 0.717) is 41.3 Å². The van der Waals surface area contributed by atoms with Gasteiger partial charge in [-0.15, -0.1) is 0 Å². The molecule has 1 aliphatic heterocycles. The molecule has 2 aromatic rings. The predicted octanol–water partition coefficient (Wildman–Crippen LogP) is 2.94. The molecule has 3 rings (SSSR count). The number of hydrogen-bond donors (Lipinski definition) is 0. The molecule has 0 bridgehead atoms. The van der Waals surface area contributed by atoms with E-state index in [1.165, 1.54) is 7.11 Å². The summed E-state index contributed by atoms with van der Waals surface area (Å²) in [7, 11) is 3.09. The summed E-state index contributed by atoms with van der Waals surface area (Å²) in [6.07, 6.45) is 0.301. The number of carbonyl (C=O) groups excluding carboxylic acids is 2. The summed E-state index contributed by atoms with van der Waals surface area (Å²) in [6, 6.07) is 12.2. The fourth-order valence-electron chi connectivity index (χ4n) is 2.77. The lowest BCUT2D eigenvalue weighted by atomic mass is 9.98. The summed E-state index contributed by atoms with van der Waals surface area (Å²) in [5.41, 5.74) is 1.57. The highest BCUT2D eigenvalue weighted by Gasteiger charge is 2.30. The molecule has 0 aromatic heterocycles. The summed E-state index contributed by atoms with van der Waals surface area (Å²) >= 11 is 0. The normalized spacial score (nSPS) is 13.5. The van der Waals surface area contributed by atoms with Gasteiger partial charge in [0, 0.05) is 24.1 Å². The number of hydrogen-bond acceptors (Lipinski definition) is 4. The Morgan fingerprint density at radius 2 is 1.87 bits per heavy atom. The van der Waals surface area contributed by atoms with Gasteiger partial charge >= 0.3 is 0 Å². The van der Waals surface area contributed by atoms with Crippen molar-refractivity contribution in [2.75, 3.05) is 25.7 Å². The molecular formula is C18H17NO4. The zero-order valence-corrected chi connectivity index (χ0v) is 13.0. The summed E-state index contributed by atoms with van der Waals surface area (Å²) in [4.78, 5) is 26.7. The monoisotopic (exact) mass is 311 g/mol. The molecule has 1 aliphatic rings. The second-order valence-electron chi connectivity index (χ2n) is 5.22. The predicted molar refractivity (Wildman–Crippen MR) is 86.6 cm³/mol. The van der Waals surface area contributed by atoms with Crippen LogP contribution in [0, 0.1) is 0 Å². The van der Waals surface area contributed by atoms with Crippen LogP contribution in [0.15, 0.2) is 42.5 Å². The first-order chi connectivity index (χ1) is 11.2. The van der Waals surface area contributed by atoms with E-state index in [9.17, 15) is 9.59 Å². The largest absolute Gasteiger partial charge is 0.497 e. The van der Waals surface area contributed by atoms with Gasteiger partial charge in [-0.1, -0.05) is 12.1 Å². The fraction of sp³-hybridized carbons (Fsp3) is 0.222. The maximum Gasteiger partial charge on any atom is 0.258 e. The van der Waals surface area contributed by atoms with Crippen LogP contribution in [0.2, 0.25) is 0 Å². The van der Waals surface area contributed by atoms with Crippen LogP contribution in [-0.2, 0) is 0 Å². The topological polar surface area (TPSA) is 55.8 Å². The molecule has 1 amide bonds. The number of Topliss-reactive ketones (excluding diaryl/α,β-unsaturated/α-hetero) is 1. The third-order valence-corrected chi connectivity index (χ3v) is 3.91. The average molecular weight is 311 g/mol. The van der Waals surface area contributed by atoms with Crippen LogP contribution >= 0.6 is 0 Å². The van der Waals surface area contributed by atoms with E-state index in [0.717, 1.165) is 0 Å². The van der Waals surface area contributed by atoms with Crippen molar-refractivity contribution >= 4 is 17.4 Å². The Kier molecular flexibility index (Phi) is 4.02. The molecule has 0 saturated heterocycles. The molecule has 2 aromatic carbocycles. The molecule has 0 unspecified atom stereocenters. The van der Waals surface area contributed by atoms with Crippen molar-refractivity contribution in [1.29, 1.82) is 0 Å². The van der Waals surface area contributed by atoms with Crippen molar-refractivity contribution in [3.8, 4) is 11.5 Å². The van der Waals surface area contributed by atoms with Crippen LogP contribution in [-0.4, -0.2) is 32.5 Å². The number of ketones is 1. The molecule has 0 radical (unpaired) electrons. The van der Waals surface area contributed by atoms with Gasteiger partial charge in [0.1, 0.15) is 11.5 Å². The highest BCUT2D eigenvalue weighted by Crippen LogP contribution is 2.37. The van der Waals surface area contributed by atoms with Gasteiger partial charge in [-0.25, -0.2) is 0 Å². The van der Waals surface area contributed by atoms with E-state index in [1.807, 2.05) is 0 Å². The van der Waals surface area contributed by atoms with Gasteiger partial charge < -0.3 is 14.4 Å². The minimum absolute atomic E-state index is 0.0218. The number of benzene rings is 2. The molecule has 0 saturated carbocycles. The smallest absolute Gasteiger partial charge is 0.258 e. The van der Waals surface area contributed by atoms with Crippen LogP contribution in [0.5, 0.6) is 11.5 Å². The lowest BCUT2D eigenvalue weighted by Gasteiger charge is -2.30. The first kappa shape index (κ1) is 15.1. The zero-order valence-electron chi connectivity index (χ0n) is 13.0. The van der Waals surface area contributed by atoms with Crippen molar-refractivity contribution in [3.05, 3.63) is 53.6 Å². The number of fused-ring (bicyclic) bond motifs is 1. The molecule has 23 heavy (non-hydrogen) atoms. The van der Waals surface area contributed by atoms with Crippen LogP contribution in [0.1, 0.15) is 27.1 Å². The number of rotatable bonds is 3. The number of nitrogens with zero attached hydrogens (tertiary/aromatic N) is 1. The van der Waals surface area contributed by atoms with Gasteiger partial charge in [-0.3, -0.25) is 9.59 Å². The Morgan fingerprint density at radius 1 is 1.09 bits per heavy atom.